The van der Waals surface area contributed by atoms with Crippen LogP contribution in [-0.2, 0) is 21.7 Å². The van der Waals surface area contributed by atoms with Crippen molar-refractivity contribution >= 4 is 0 Å². The van der Waals surface area contributed by atoms with Gasteiger partial charge in [-0.1, -0.05) is 119 Å². The molecule has 0 atom stereocenters. The van der Waals surface area contributed by atoms with Crippen LogP contribution in [0.3, 0.4) is 0 Å². The fourth-order valence-electron chi connectivity index (χ4n) is 4.21. The maximum absolute atomic E-state index is 2.46. The van der Waals surface area contributed by atoms with E-state index in [4.69, 9.17) is 0 Å². The van der Waals surface area contributed by atoms with Crippen LogP contribution in [0, 0.1) is 0 Å². The molecule has 0 amide bonds. The van der Waals surface area contributed by atoms with Crippen molar-refractivity contribution in [3.8, 4) is 11.1 Å². The molecule has 2 aromatic rings. The summed E-state index contributed by atoms with van der Waals surface area (Å²) in [5, 5.41) is 0. The van der Waals surface area contributed by atoms with Gasteiger partial charge in [0, 0.05) is 0 Å². The summed E-state index contributed by atoms with van der Waals surface area (Å²) in [6, 6.07) is 14.0. The largest absolute Gasteiger partial charge is 0.0613 e. The van der Waals surface area contributed by atoms with Gasteiger partial charge >= 0.3 is 0 Å². The Morgan fingerprint density at radius 2 is 0.964 bits per heavy atom. The minimum absolute atomic E-state index is 0.0871. The number of benzene rings is 2. The third-order valence-electron chi connectivity index (χ3n) is 5.57. The molecule has 0 unspecified atom stereocenters. The summed E-state index contributed by atoms with van der Waals surface area (Å²) in [7, 11) is 0. The SMILES string of the molecule is CC(C)(C)c1ccc(-c2cccc(C(C)(C)C)c2C(C)(C)C)cc1C(C)(C)C. The van der Waals surface area contributed by atoms with Crippen LogP contribution in [0.1, 0.15) is 105 Å². The molecule has 0 aliphatic heterocycles. The van der Waals surface area contributed by atoms with E-state index in [1.165, 1.54) is 33.4 Å². The van der Waals surface area contributed by atoms with Gasteiger partial charge in [-0.05, 0) is 55.0 Å². The predicted octanol–water partition coefficient (Wildman–Crippen LogP) is 8.54. The quantitative estimate of drug-likeness (QED) is 0.466. The van der Waals surface area contributed by atoms with Crippen LogP contribution in [0.4, 0.5) is 0 Å². The Balaban J connectivity index is 2.87. The normalized spacial score (nSPS) is 13.7. The molecule has 28 heavy (non-hydrogen) atoms. The average Bonchev–Trinajstić information content (AvgIpc) is 2.50. The van der Waals surface area contributed by atoms with Crippen LogP contribution in [-0.4, -0.2) is 0 Å². The first-order valence-electron chi connectivity index (χ1n) is 10.7. The predicted molar refractivity (Wildman–Crippen MR) is 127 cm³/mol. The van der Waals surface area contributed by atoms with Crippen molar-refractivity contribution in [3.63, 3.8) is 0 Å². The molecule has 0 heteroatoms. The lowest BCUT2D eigenvalue weighted by atomic mass is 9.71. The zero-order chi connectivity index (χ0) is 21.7. The number of rotatable bonds is 1. The van der Waals surface area contributed by atoms with Crippen LogP contribution < -0.4 is 0 Å². The van der Waals surface area contributed by atoms with Gasteiger partial charge < -0.3 is 0 Å². The highest BCUT2D eigenvalue weighted by Crippen LogP contribution is 2.42. The summed E-state index contributed by atoms with van der Waals surface area (Å²) in [5.41, 5.74) is 9.02. The van der Waals surface area contributed by atoms with Gasteiger partial charge in [0.2, 0.25) is 0 Å². The minimum atomic E-state index is 0.0871. The second-order valence-electron chi connectivity index (χ2n) is 12.5. The summed E-state index contributed by atoms with van der Waals surface area (Å²) < 4.78 is 0. The smallest absolute Gasteiger partial charge is 0.0123 e. The molecule has 0 saturated carbocycles. The molecule has 0 heterocycles. The summed E-state index contributed by atoms with van der Waals surface area (Å²) in [6.45, 7) is 27.9. The van der Waals surface area contributed by atoms with E-state index in [-0.39, 0.29) is 21.7 Å². The van der Waals surface area contributed by atoms with E-state index in [1.54, 1.807) is 0 Å². The highest BCUT2D eigenvalue weighted by atomic mass is 14.3. The minimum Gasteiger partial charge on any atom is -0.0613 e. The van der Waals surface area contributed by atoms with Gasteiger partial charge in [0.15, 0.2) is 0 Å². The second-order valence-corrected chi connectivity index (χ2v) is 12.5. The van der Waals surface area contributed by atoms with Crippen LogP contribution in [0.25, 0.3) is 11.1 Å². The monoisotopic (exact) mass is 378 g/mol. The van der Waals surface area contributed by atoms with Crippen molar-refractivity contribution in [3.05, 3.63) is 58.7 Å². The van der Waals surface area contributed by atoms with E-state index in [2.05, 4.69) is 119 Å². The molecule has 2 aromatic carbocycles. The van der Waals surface area contributed by atoms with Gasteiger partial charge in [-0.15, -0.1) is 0 Å². The molecule has 0 N–H and O–H groups in total. The van der Waals surface area contributed by atoms with Crippen LogP contribution in [0.2, 0.25) is 0 Å². The second kappa shape index (κ2) is 7.05. The van der Waals surface area contributed by atoms with E-state index < -0.39 is 0 Å². The molecule has 2 rings (SSSR count). The number of hydrogen-bond acceptors (Lipinski definition) is 0. The molecule has 0 spiro atoms. The number of hydrogen-bond donors (Lipinski definition) is 0. The fourth-order valence-corrected chi connectivity index (χ4v) is 4.21. The van der Waals surface area contributed by atoms with Gasteiger partial charge in [0.05, 0.1) is 0 Å². The molecular weight excluding hydrogens is 336 g/mol. The topological polar surface area (TPSA) is 0 Å². The summed E-state index contributed by atoms with van der Waals surface area (Å²) in [6.07, 6.45) is 0. The Kier molecular flexibility index (Phi) is 5.72. The van der Waals surface area contributed by atoms with E-state index in [9.17, 15) is 0 Å². The van der Waals surface area contributed by atoms with Crippen LogP contribution >= 0.6 is 0 Å². The van der Waals surface area contributed by atoms with Gasteiger partial charge in [-0.2, -0.15) is 0 Å². The van der Waals surface area contributed by atoms with Gasteiger partial charge in [-0.3, -0.25) is 0 Å². The first-order chi connectivity index (χ1) is 12.4. The van der Waals surface area contributed by atoms with Crippen molar-refractivity contribution in [2.75, 3.05) is 0 Å². The molecule has 154 valence electrons. The molecule has 0 aromatic heterocycles. The molecule has 0 aliphatic rings. The highest BCUT2D eigenvalue weighted by molar-refractivity contribution is 5.72. The molecule has 0 fully saturated rings. The van der Waals surface area contributed by atoms with Crippen molar-refractivity contribution in [2.24, 2.45) is 0 Å². The zero-order valence-corrected chi connectivity index (χ0v) is 20.5. The maximum atomic E-state index is 2.46. The maximum Gasteiger partial charge on any atom is -0.0123 e. The Bertz CT molecular complexity index is 838. The van der Waals surface area contributed by atoms with Crippen LogP contribution in [0.15, 0.2) is 36.4 Å². The first-order valence-corrected chi connectivity index (χ1v) is 10.7. The van der Waals surface area contributed by atoms with Crippen molar-refractivity contribution in [1.82, 2.24) is 0 Å². The molecule has 0 bridgehead atoms. The van der Waals surface area contributed by atoms with Gasteiger partial charge in [0.1, 0.15) is 0 Å². The lowest BCUT2D eigenvalue weighted by Gasteiger charge is -2.34. The highest BCUT2D eigenvalue weighted by Gasteiger charge is 2.30. The summed E-state index contributed by atoms with van der Waals surface area (Å²) >= 11 is 0. The molecule has 0 saturated heterocycles. The molecule has 0 radical (unpaired) electrons. The fraction of sp³-hybridized carbons (Fsp3) is 0.571. The average molecular weight is 379 g/mol. The van der Waals surface area contributed by atoms with Gasteiger partial charge in [-0.25, -0.2) is 0 Å². The zero-order valence-electron chi connectivity index (χ0n) is 20.5. The van der Waals surface area contributed by atoms with E-state index >= 15 is 0 Å². The Morgan fingerprint density at radius 3 is 1.39 bits per heavy atom. The Morgan fingerprint density at radius 1 is 0.464 bits per heavy atom. The van der Waals surface area contributed by atoms with Gasteiger partial charge in [0.25, 0.3) is 0 Å². The lowest BCUT2D eigenvalue weighted by Crippen LogP contribution is -2.24. The van der Waals surface area contributed by atoms with E-state index in [0.29, 0.717) is 0 Å². The van der Waals surface area contributed by atoms with Crippen LogP contribution in [0.5, 0.6) is 0 Å². The Hall–Kier alpha value is -1.56. The standard InChI is InChI=1S/C28H42/c1-25(2,3)21-17-16-19(18-23(21)27(7,8)9)20-14-13-15-22(26(4,5)6)24(20)28(10,11)12/h13-18H,1-12H3. The van der Waals surface area contributed by atoms with Crippen molar-refractivity contribution in [2.45, 2.75) is 105 Å². The van der Waals surface area contributed by atoms with Crippen molar-refractivity contribution < 1.29 is 0 Å². The summed E-state index contributed by atoms with van der Waals surface area (Å²) in [4.78, 5) is 0. The lowest BCUT2D eigenvalue weighted by molar-refractivity contribution is 0.529. The Labute approximate surface area is 174 Å². The van der Waals surface area contributed by atoms with E-state index in [0.717, 1.165) is 0 Å². The first kappa shape index (κ1) is 22.7. The summed E-state index contributed by atoms with van der Waals surface area (Å²) in [5.74, 6) is 0. The third kappa shape index (κ3) is 4.70. The van der Waals surface area contributed by atoms with E-state index in [1.807, 2.05) is 0 Å². The molecular formula is C28H42. The molecule has 0 aliphatic carbocycles. The van der Waals surface area contributed by atoms with Crippen molar-refractivity contribution in [1.29, 1.82) is 0 Å². The third-order valence-corrected chi connectivity index (χ3v) is 5.57. The molecule has 0 nitrogen and oxygen atoms in total.